The first kappa shape index (κ1) is 20.0. The predicted octanol–water partition coefficient (Wildman–Crippen LogP) is 3.54. The van der Waals surface area contributed by atoms with Gasteiger partial charge in [0.1, 0.15) is 0 Å². The van der Waals surface area contributed by atoms with Crippen LogP contribution in [0.5, 0.6) is 0 Å². The highest BCUT2D eigenvalue weighted by atomic mass is 16.5. The summed E-state index contributed by atoms with van der Waals surface area (Å²) in [6, 6.07) is 17.5. The molecule has 0 unspecified atom stereocenters. The first-order chi connectivity index (χ1) is 14.5. The molecule has 6 heteroatoms. The number of aromatic nitrogens is 1. The van der Waals surface area contributed by atoms with Gasteiger partial charge in [-0.3, -0.25) is 19.8 Å². The standard InChI is InChI=1S/C24H25N3O3/c1-15-13-18(19-5-2-3-7-21(19)25-15)14-16-9-11-17(12-10-16)23(28)26-22-8-4-6-20(22)24(29)27-30/h2-3,5,7,9-13,20,22,30H,4,6,8,14H2,1H3,(H,26,28)(H,27,29)/t20-,22+/m1/s1. The summed E-state index contributed by atoms with van der Waals surface area (Å²) in [7, 11) is 0. The lowest BCUT2D eigenvalue weighted by Gasteiger charge is -2.19. The Hall–Kier alpha value is -3.25. The Morgan fingerprint density at radius 2 is 1.87 bits per heavy atom. The van der Waals surface area contributed by atoms with Crippen molar-refractivity contribution in [1.82, 2.24) is 15.8 Å². The number of rotatable bonds is 5. The topological polar surface area (TPSA) is 91.3 Å². The van der Waals surface area contributed by atoms with E-state index in [1.165, 1.54) is 5.56 Å². The van der Waals surface area contributed by atoms with E-state index < -0.39 is 5.91 Å². The van der Waals surface area contributed by atoms with Crippen LogP contribution < -0.4 is 10.8 Å². The van der Waals surface area contributed by atoms with Crippen molar-refractivity contribution in [1.29, 1.82) is 0 Å². The zero-order valence-electron chi connectivity index (χ0n) is 16.9. The molecular formula is C24H25N3O3. The van der Waals surface area contributed by atoms with Gasteiger partial charge >= 0.3 is 0 Å². The van der Waals surface area contributed by atoms with E-state index in [0.29, 0.717) is 12.0 Å². The third-order valence-corrected chi connectivity index (χ3v) is 5.82. The number of nitrogens with one attached hydrogen (secondary N) is 2. The monoisotopic (exact) mass is 403 g/mol. The molecule has 0 aliphatic heterocycles. The molecule has 0 saturated heterocycles. The highest BCUT2D eigenvalue weighted by Crippen LogP contribution is 2.26. The van der Waals surface area contributed by atoms with Crippen LogP contribution in [0.25, 0.3) is 10.9 Å². The van der Waals surface area contributed by atoms with Crippen LogP contribution in [0, 0.1) is 12.8 Å². The van der Waals surface area contributed by atoms with Crippen LogP contribution in [-0.2, 0) is 11.2 Å². The lowest BCUT2D eigenvalue weighted by molar-refractivity contribution is -0.133. The van der Waals surface area contributed by atoms with Crippen LogP contribution in [0.15, 0.2) is 54.6 Å². The largest absolute Gasteiger partial charge is 0.349 e. The lowest BCUT2D eigenvalue weighted by atomic mass is 9.99. The van der Waals surface area contributed by atoms with Crippen molar-refractivity contribution in [2.45, 2.75) is 38.6 Å². The normalized spacial score (nSPS) is 18.3. The van der Waals surface area contributed by atoms with Gasteiger partial charge in [-0.25, -0.2) is 5.48 Å². The van der Waals surface area contributed by atoms with Crippen molar-refractivity contribution in [3.8, 4) is 0 Å². The highest BCUT2D eigenvalue weighted by Gasteiger charge is 2.34. The Morgan fingerprint density at radius 3 is 2.63 bits per heavy atom. The first-order valence-corrected chi connectivity index (χ1v) is 10.2. The summed E-state index contributed by atoms with van der Waals surface area (Å²) in [5, 5.41) is 13.0. The van der Waals surface area contributed by atoms with Gasteiger partial charge in [0.25, 0.3) is 5.91 Å². The maximum absolute atomic E-state index is 12.6. The van der Waals surface area contributed by atoms with Crippen LogP contribution in [0.4, 0.5) is 0 Å². The van der Waals surface area contributed by atoms with Crippen molar-refractivity contribution in [3.05, 3.63) is 77.0 Å². The summed E-state index contributed by atoms with van der Waals surface area (Å²) in [6.07, 6.45) is 3.00. The van der Waals surface area contributed by atoms with Crippen molar-refractivity contribution < 1.29 is 14.8 Å². The van der Waals surface area contributed by atoms with Gasteiger partial charge in [-0.1, -0.05) is 36.8 Å². The lowest BCUT2D eigenvalue weighted by Crippen LogP contribution is -2.43. The third-order valence-electron chi connectivity index (χ3n) is 5.82. The van der Waals surface area contributed by atoms with Gasteiger partial charge in [-0.2, -0.15) is 0 Å². The molecular weight excluding hydrogens is 378 g/mol. The second kappa shape index (κ2) is 8.63. The molecule has 2 atom stereocenters. The molecule has 1 aliphatic carbocycles. The summed E-state index contributed by atoms with van der Waals surface area (Å²) < 4.78 is 0. The molecule has 1 fully saturated rings. The van der Waals surface area contributed by atoms with Crippen LogP contribution in [-0.4, -0.2) is 28.0 Å². The molecule has 2 aromatic carbocycles. The fourth-order valence-corrected chi connectivity index (χ4v) is 4.32. The average molecular weight is 403 g/mol. The Balaban J connectivity index is 1.47. The molecule has 2 amide bonds. The third kappa shape index (κ3) is 4.19. The molecule has 154 valence electrons. The van der Waals surface area contributed by atoms with E-state index in [1.54, 1.807) is 5.48 Å². The number of fused-ring (bicyclic) bond motifs is 1. The molecule has 0 radical (unpaired) electrons. The summed E-state index contributed by atoms with van der Waals surface area (Å²) in [6.45, 7) is 2.00. The van der Waals surface area contributed by atoms with Crippen LogP contribution in [0.1, 0.15) is 46.4 Å². The summed E-state index contributed by atoms with van der Waals surface area (Å²) in [5.74, 6) is -1.02. The molecule has 0 bridgehead atoms. The Morgan fingerprint density at radius 1 is 1.10 bits per heavy atom. The van der Waals surface area contributed by atoms with Crippen molar-refractivity contribution in [2.75, 3.05) is 0 Å². The number of benzene rings is 2. The van der Waals surface area contributed by atoms with E-state index in [4.69, 9.17) is 5.21 Å². The number of hydrogen-bond donors (Lipinski definition) is 3. The number of carbonyl (C=O) groups is 2. The number of nitrogens with zero attached hydrogens (tertiary/aromatic N) is 1. The molecule has 6 nitrogen and oxygen atoms in total. The molecule has 0 spiro atoms. The van der Waals surface area contributed by atoms with Crippen LogP contribution in [0.3, 0.4) is 0 Å². The average Bonchev–Trinajstić information content (AvgIpc) is 3.21. The van der Waals surface area contributed by atoms with Gasteiger partial charge in [-0.05, 0) is 61.6 Å². The fraction of sp³-hybridized carbons (Fsp3) is 0.292. The molecule has 30 heavy (non-hydrogen) atoms. The maximum Gasteiger partial charge on any atom is 0.251 e. The van der Waals surface area contributed by atoms with Crippen LogP contribution >= 0.6 is 0 Å². The van der Waals surface area contributed by atoms with E-state index in [-0.39, 0.29) is 17.9 Å². The van der Waals surface area contributed by atoms with E-state index in [2.05, 4.69) is 22.4 Å². The van der Waals surface area contributed by atoms with Gasteiger partial charge in [0.05, 0.1) is 11.4 Å². The summed E-state index contributed by atoms with van der Waals surface area (Å²) in [5.41, 5.74) is 6.55. The summed E-state index contributed by atoms with van der Waals surface area (Å²) in [4.78, 5) is 29.0. The summed E-state index contributed by atoms with van der Waals surface area (Å²) >= 11 is 0. The smallest absolute Gasteiger partial charge is 0.251 e. The molecule has 1 saturated carbocycles. The Kier molecular flexibility index (Phi) is 5.77. The molecule has 4 rings (SSSR count). The number of hydrogen-bond acceptors (Lipinski definition) is 4. The van der Waals surface area contributed by atoms with Gasteiger partial charge < -0.3 is 5.32 Å². The molecule has 3 N–H and O–H groups in total. The van der Waals surface area contributed by atoms with Crippen molar-refractivity contribution in [3.63, 3.8) is 0 Å². The number of pyridine rings is 1. The molecule has 1 aliphatic rings. The van der Waals surface area contributed by atoms with Gasteiger partial charge in [0.2, 0.25) is 5.91 Å². The van der Waals surface area contributed by atoms with Gasteiger partial charge in [0.15, 0.2) is 0 Å². The van der Waals surface area contributed by atoms with Crippen molar-refractivity contribution in [2.24, 2.45) is 5.92 Å². The number of aryl methyl sites for hydroxylation is 1. The highest BCUT2D eigenvalue weighted by molar-refractivity contribution is 5.95. The quantitative estimate of drug-likeness (QED) is 0.449. The van der Waals surface area contributed by atoms with E-state index >= 15 is 0 Å². The predicted molar refractivity (Wildman–Crippen MR) is 114 cm³/mol. The number of carbonyl (C=O) groups excluding carboxylic acids is 2. The number of amides is 2. The molecule has 3 aromatic rings. The second-order valence-corrected chi connectivity index (χ2v) is 7.91. The Bertz CT molecular complexity index is 1080. The van der Waals surface area contributed by atoms with Gasteiger partial charge in [0, 0.05) is 22.7 Å². The van der Waals surface area contributed by atoms with E-state index in [0.717, 1.165) is 41.4 Å². The zero-order chi connectivity index (χ0) is 21.1. The SMILES string of the molecule is Cc1cc(Cc2ccc(C(=O)N[C@H]3CCC[C@H]3C(=O)NO)cc2)c2ccccc2n1. The van der Waals surface area contributed by atoms with Crippen molar-refractivity contribution >= 4 is 22.7 Å². The van der Waals surface area contributed by atoms with E-state index in [9.17, 15) is 9.59 Å². The second-order valence-electron chi connectivity index (χ2n) is 7.91. The fourth-order valence-electron chi connectivity index (χ4n) is 4.32. The van der Waals surface area contributed by atoms with Gasteiger partial charge in [-0.15, -0.1) is 0 Å². The first-order valence-electron chi connectivity index (χ1n) is 10.2. The maximum atomic E-state index is 12.6. The minimum Gasteiger partial charge on any atom is -0.349 e. The van der Waals surface area contributed by atoms with Crippen LogP contribution in [0.2, 0.25) is 0 Å². The molecule has 1 heterocycles. The number of para-hydroxylation sites is 1. The minimum atomic E-state index is -0.437. The minimum absolute atomic E-state index is 0.200. The number of hydroxylamine groups is 1. The van der Waals surface area contributed by atoms with E-state index in [1.807, 2.05) is 49.4 Å². The zero-order valence-corrected chi connectivity index (χ0v) is 16.9. The molecule has 1 aromatic heterocycles. The Labute approximate surface area is 175 Å².